The van der Waals surface area contributed by atoms with Crippen molar-refractivity contribution in [2.24, 2.45) is 0 Å². The van der Waals surface area contributed by atoms with Gasteiger partial charge in [0, 0.05) is 18.2 Å². The number of aromatic nitrogens is 3. The van der Waals surface area contributed by atoms with Crippen LogP contribution in [0.15, 0.2) is 23.4 Å². The highest BCUT2D eigenvalue weighted by Crippen LogP contribution is 2.23. The van der Waals surface area contributed by atoms with Gasteiger partial charge in [0.05, 0.1) is 5.75 Å². The summed E-state index contributed by atoms with van der Waals surface area (Å²) in [5.74, 6) is 1.58. The Balaban J connectivity index is 2.03. The van der Waals surface area contributed by atoms with Crippen LogP contribution in [0.4, 0.5) is 5.69 Å². The Kier molecular flexibility index (Phi) is 5.82. The Hall–Kier alpha value is -1.82. The molecule has 0 bridgehead atoms. The summed E-state index contributed by atoms with van der Waals surface area (Å²) in [6.07, 6.45) is 0. The van der Waals surface area contributed by atoms with Crippen LogP contribution in [-0.2, 0) is 11.3 Å². The molecule has 5 nitrogen and oxygen atoms in total. The van der Waals surface area contributed by atoms with Gasteiger partial charge in [-0.1, -0.05) is 43.8 Å². The summed E-state index contributed by atoms with van der Waals surface area (Å²) in [5.41, 5.74) is 3.04. The van der Waals surface area contributed by atoms with Gasteiger partial charge in [0.15, 0.2) is 5.16 Å². The van der Waals surface area contributed by atoms with Crippen molar-refractivity contribution < 1.29 is 4.79 Å². The van der Waals surface area contributed by atoms with Gasteiger partial charge in [0.1, 0.15) is 5.82 Å². The van der Waals surface area contributed by atoms with Crippen LogP contribution in [-0.4, -0.2) is 26.4 Å². The monoisotopic (exact) mass is 332 g/mol. The minimum atomic E-state index is -0.0239. The molecule has 1 aromatic carbocycles. The molecule has 0 unspecified atom stereocenters. The van der Waals surface area contributed by atoms with Crippen molar-refractivity contribution in [3.63, 3.8) is 0 Å². The smallest absolute Gasteiger partial charge is 0.234 e. The standard InChI is InChI=1S/C17H24N4OS/c1-6-21-16(11(2)3)19-20-17(21)23-10-14(22)18-15-12(4)8-7-9-13(15)5/h7-9,11H,6,10H2,1-5H3,(H,18,22). The summed E-state index contributed by atoms with van der Waals surface area (Å²) in [4.78, 5) is 12.2. The first-order valence-electron chi connectivity index (χ1n) is 7.86. The number of aryl methyl sites for hydroxylation is 2. The fourth-order valence-electron chi connectivity index (χ4n) is 2.45. The lowest BCUT2D eigenvalue weighted by atomic mass is 10.1. The van der Waals surface area contributed by atoms with Gasteiger partial charge in [-0.05, 0) is 31.9 Å². The highest BCUT2D eigenvalue weighted by atomic mass is 32.2. The number of nitrogens with zero attached hydrogens (tertiary/aromatic N) is 3. The number of nitrogens with one attached hydrogen (secondary N) is 1. The average Bonchev–Trinajstić information content (AvgIpc) is 2.92. The van der Waals surface area contributed by atoms with E-state index >= 15 is 0 Å². The molecule has 2 rings (SSSR count). The molecule has 2 aromatic rings. The number of para-hydroxylation sites is 1. The Labute approximate surface area is 141 Å². The molecule has 124 valence electrons. The molecule has 1 amide bonds. The van der Waals surface area contributed by atoms with Crippen molar-refractivity contribution in [2.75, 3.05) is 11.1 Å². The topological polar surface area (TPSA) is 59.8 Å². The van der Waals surface area contributed by atoms with E-state index in [1.807, 2.05) is 32.0 Å². The van der Waals surface area contributed by atoms with E-state index in [9.17, 15) is 4.79 Å². The molecule has 1 N–H and O–H groups in total. The number of carbonyl (C=O) groups is 1. The molecule has 1 heterocycles. The van der Waals surface area contributed by atoms with Crippen LogP contribution in [0.1, 0.15) is 43.6 Å². The van der Waals surface area contributed by atoms with Crippen LogP contribution in [0.2, 0.25) is 0 Å². The first-order chi connectivity index (χ1) is 10.9. The second-order valence-corrected chi connectivity index (χ2v) is 6.79. The predicted octanol–water partition coefficient (Wildman–Crippen LogP) is 3.77. The highest BCUT2D eigenvalue weighted by molar-refractivity contribution is 7.99. The largest absolute Gasteiger partial charge is 0.325 e. The average molecular weight is 332 g/mol. The summed E-state index contributed by atoms with van der Waals surface area (Å²) in [6, 6.07) is 5.99. The molecule has 0 aliphatic carbocycles. The van der Waals surface area contributed by atoms with Gasteiger partial charge >= 0.3 is 0 Å². The van der Waals surface area contributed by atoms with Crippen LogP contribution < -0.4 is 5.32 Å². The van der Waals surface area contributed by atoms with Crippen molar-refractivity contribution in [1.82, 2.24) is 14.8 Å². The second kappa shape index (κ2) is 7.64. The summed E-state index contributed by atoms with van der Waals surface area (Å²) in [5, 5.41) is 12.3. The number of carbonyl (C=O) groups excluding carboxylic acids is 1. The van der Waals surface area contributed by atoms with Crippen LogP contribution in [0.3, 0.4) is 0 Å². The molecule has 0 radical (unpaired) electrons. The minimum absolute atomic E-state index is 0.0239. The van der Waals surface area contributed by atoms with Crippen molar-refractivity contribution in [3.8, 4) is 0 Å². The number of thioether (sulfide) groups is 1. The molecule has 0 saturated heterocycles. The van der Waals surface area contributed by atoms with E-state index in [1.54, 1.807) is 0 Å². The molecule has 0 aliphatic heterocycles. The van der Waals surface area contributed by atoms with E-state index < -0.39 is 0 Å². The van der Waals surface area contributed by atoms with Crippen molar-refractivity contribution in [1.29, 1.82) is 0 Å². The van der Waals surface area contributed by atoms with E-state index in [0.29, 0.717) is 11.7 Å². The number of anilines is 1. The first-order valence-corrected chi connectivity index (χ1v) is 8.84. The third kappa shape index (κ3) is 4.13. The zero-order valence-electron chi connectivity index (χ0n) is 14.4. The third-order valence-corrected chi connectivity index (χ3v) is 4.62. The van der Waals surface area contributed by atoms with E-state index in [1.165, 1.54) is 11.8 Å². The highest BCUT2D eigenvalue weighted by Gasteiger charge is 2.15. The van der Waals surface area contributed by atoms with Gasteiger partial charge in [-0.3, -0.25) is 4.79 Å². The summed E-state index contributed by atoms with van der Waals surface area (Å²) < 4.78 is 2.07. The Bertz CT molecular complexity index is 674. The molecular formula is C17H24N4OS. The molecule has 0 fully saturated rings. The van der Waals surface area contributed by atoms with E-state index in [0.717, 1.165) is 34.3 Å². The fraction of sp³-hybridized carbons (Fsp3) is 0.471. The van der Waals surface area contributed by atoms with E-state index in [-0.39, 0.29) is 5.91 Å². The summed E-state index contributed by atoms with van der Waals surface area (Å²) >= 11 is 1.43. The zero-order chi connectivity index (χ0) is 17.0. The third-order valence-electron chi connectivity index (χ3n) is 3.66. The lowest BCUT2D eigenvalue weighted by Crippen LogP contribution is -2.16. The molecule has 1 aromatic heterocycles. The molecule has 6 heteroatoms. The quantitative estimate of drug-likeness (QED) is 0.818. The maximum Gasteiger partial charge on any atom is 0.234 e. The van der Waals surface area contributed by atoms with Crippen LogP contribution in [0.5, 0.6) is 0 Å². The summed E-state index contributed by atoms with van der Waals surface area (Å²) in [7, 11) is 0. The molecule has 0 spiro atoms. The van der Waals surface area contributed by atoms with Crippen LogP contribution in [0.25, 0.3) is 0 Å². The van der Waals surface area contributed by atoms with Crippen LogP contribution >= 0.6 is 11.8 Å². The Morgan fingerprint density at radius 3 is 2.48 bits per heavy atom. The molecule has 23 heavy (non-hydrogen) atoms. The van der Waals surface area contributed by atoms with Crippen molar-refractivity contribution >= 4 is 23.4 Å². The van der Waals surface area contributed by atoms with Crippen molar-refractivity contribution in [2.45, 2.75) is 52.2 Å². The lowest BCUT2D eigenvalue weighted by molar-refractivity contribution is -0.113. The Morgan fingerprint density at radius 2 is 1.91 bits per heavy atom. The fourth-order valence-corrected chi connectivity index (χ4v) is 3.26. The van der Waals surface area contributed by atoms with Crippen LogP contribution in [0, 0.1) is 13.8 Å². The van der Waals surface area contributed by atoms with Crippen molar-refractivity contribution in [3.05, 3.63) is 35.2 Å². The zero-order valence-corrected chi connectivity index (χ0v) is 15.2. The SMILES string of the molecule is CCn1c(SCC(=O)Nc2c(C)cccc2C)nnc1C(C)C. The summed E-state index contributed by atoms with van der Waals surface area (Å²) in [6.45, 7) is 11.1. The van der Waals surface area contributed by atoms with E-state index in [4.69, 9.17) is 0 Å². The van der Waals surface area contributed by atoms with Gasteiger partial charge in [0.2, 0.25) is 5.91 Å². The molecule has 0 saturated carbocycles. The number of amides is 1. The molecular weight excluding hydrogens is 308 g/mol. The maximum absolute atomic E-state index is 12.2. The van der Waals surface area contributed by atoms with Gasteiger partial charge < -0.3 is 9.88 Å². The normalized spacial score (nSPS) is 11.0. The van der Waals surface area contributed by atoms with Gasteiger partial charge in [-0.25, -0.2) is 0 Å². The number of hydrogen-bond acceptors (Lipinski definition) is 4. The van der Waals surface area contributed by atoms with Gasteiger partial charge in [-0.2, -0.15) is 0 Å². The number of rotatable bonds is 6. The molecule has 0 atom stereocenters. The number of hydrogen-bond donors (Lipinski definition) is 1. The second-order valence-electron chi connectivity index (χ2n) is 5.84. The maximum atomic E-state index is 12.2. The number of benzene rings is 1. The molecule has 0 aliphatic rings. The van der Waals surface area contributed by atoms with Gasteiger partial charge in [0.25, 0.3) is 0 Å². The van der Waals surface area contributed by atoms with Gasteiger partial charge in [-0.15, -0.1) is 10.2 Å². The lowest BCUT2D eigenvalue weighted by Gasteiger charge is -2.12. The van der Waals surface area contributed by atoms with E-state index in [2.05, 4.69) is 40.9 Å². The first kappa shape index (κ1) is 17.5. The Morgan fingerprint density at radius 1 is 1.26 bits per heavy atom. The predicted molar refractivity (Wildman–Crippen MR) is 95.1 cm³/mol. The minimum Gasteiger partial charge on any atom is -0.325 e.